The van der Waals surface area contributed by atoms with Crippen LogP contribution < -0.4 is 10.1 Å². The lowest BCUT2D eigenvalue weighted by Crippen LogP contribution is -2.39. The molecule has 26 heavy (non-hydrogen) atoms. The molecule has 2 aromatic carbocycles. The minimum Gasteiger partial charge on any atom is -0.480 e. The molecule has 0 aromatic heterocycles. The van der Waals surface area contributed by atoms with Crippen LogP contribution in [0.4, 0.5) is 0 Å². The number of hydrogen-bond donors (Lipinski definition) is 1. The number of benzene rings is 2. The maximum Gasteiger partial charge on any atom is 0.261 e. The highest BCUT2D eigenvalue weighted by Crippen LogP contribution is 2.20. The molecule has 0 aliphatic heterocycles. The Morgan fingerprint density at radius 3 is 2.27 bits per heavy atom. The predicted molar refractivity (Wildman–Crippen MR) is 102 cm³/mol. The topological polar surface area (TPSA) is 72.5 Å². The molecule has 0 fully saturated rings. The van der Waals surface area contributed by atoms with E-state index < -0.39 is 15.9 Å². The Labute approximate surface area is 155 Å². The molecule has 0 spiro atoms. The van der Waals surface area contributed by atoms with Crippen LogP contribution in [0, 0.1) is 6.92 Å². The number of carbonyl (C=O) groups excluding carboxylic acids is 1. The van der Waals surface area contributed by atoms with Crippen LogP contribution in [-0.2, 0) is 14.6 Å². The van der Waals surface area contributed by atoms with Crippen LogP contribution in [0.3, 0.4) is 0 Å². The average Bonchev–Trinajstić information content (AvgIpc) is 2.60. The fraction of sp³-hybridized carbons (Fsp3) is 0.350. The van der Waals surface area contributed by atoms with Crippen LogP contribution in [0.15, 0.2) is 53.4 Å². The molecule has 0 radical (unpaired) electrons. The van der Waals surface area contributed by atoms with Gasteiger partial charge in [-0.15, -0.1) is 0 Å². The van der Waals surface area contributed by atoms with Gasteiger partial charge in [-0.1, -0.05) is 37.3 Å². The van der Waals surface area contributed by atoms with Gasteiger partial charge in [0.2, 0.25) is 0 Å². The van der Waals surface area contributed by atoms with Crippen LogP contribution in [0.25, 0.3) is 0 Å². The fourth-order valence-corrected chi connectivity index (χ4v) is 3.19. The van der Waals surface area contributed by atoms with Gasteiger partial charge in [0.15, 0.2) is 15.9 Å². The number of nitrogens with one attached hydrogen (secondary N) is 1. The molecule has 2 unspecified atom stereocenters. The number of amides is 1. The van der Waals surface area contributed by atoms with Gasteiger partial charge in [0.1, 0.15) is 5.75 Å². The molecule has 0 bridgehead atoms. The molecular formula is C20H25NO4S. The van der Waals surface area contributed by atoms with Gasteiger partial charge in [-0.3, -0.25) is 4.79 Å². The third-order valence-corrected chi connectivity index (χ3v) is 5.32. The first-order valence-corrected chi connectivity index (χ1v) is 10.4. The second kappa shape index (κ2) is 8.36. The number of hydrogen-bond acceptors (Lipinski definition) is 4. The van der Waals surface area contributed by atoms with E-state index in [-0.39, 0.29) is 16.8 Å². The fourth-order valence-electron chi connectivity index (χ4n) is 2.56. The van der Waals surface area contributed by atoms with Gasteiger partial charge in [0, 0.05) is 6.26 Å². The van der Waals surface area contributed by atoms with Crippen molar-refractivity contribution in [2.45, 2.75) is 44.2 Å². The van der Waals surface area contributed by atoms with E-state index in [1.54, 1.807) is 24.3 Å². The maximum absolute atomic E-state index is 12.6. The van der Waals surface area contributed by atoms with Crippen molar-refractivity contribution in [3.63, 3.8) is 0 Å². The number of ether oxygens (including phenoxy) is 1. The Kier molecular flexibility index (Phi) is 6.42. The summed E-state index contributed by atoms with van der Waals surface area (Å²) in [6, 6.07) is 13.8. The molecule has 0 aliphatic rings. The van der Waals surface area contributed by atoms with Gasteiger partial charge in [0.25, 0.3) is 5.91 Å². The third kappa shape index (κ3) is 5.08. The van der Waals surface area contributed by atoms with Crippen molar-refractivity contribution in [3.8, 4) is 5.75 Å². The molecular weight excluding hydrogens is 350 g/mol. The summed E-state index contributed by atoms with van der Waals surface area (Å²) < 4.78 is 28.9. The van der Waals surface area contributed by atoms with Gasteiger partial charge in [0.05, 0.1) is 10.9 Å². The van der Waals surface area contributed by atoms with Gasteiger partial charge in [-0.2, -0.15) is 0 Å². The maximum atomic E-state index is 12.6. The summed E-state index contributed by atoms with van der Waals surface area (Å²) in [7, 11) is -3.23. The molecule has 2 atom stereocenters. The van der Waals surface area contributed by atoms with Gasteiger partial charge in [-0.25, -0.2) is 8.42 Å². The van der Waals surface area contributed by atoms with E-state index in [9.17, 15) is 13.2 Å². The monoisotopic (exact) mass is 375 g/mol. The molecule has 1 N–H and O–H groups in total. The smallest absolute Gasteiger partial charge is 0.261 e. The van der Waals surface area contributed by atoms with Gasteiger partial charge < -0.3 is 10.1 Å². The van der Waals surface area contributed by atoms with Crippen molar-refractivity contribution in [1.82, 2.24) is 5.32 Å². The molecule has 0 heterocycles. The standard InChI is InChI=1S/C20H25NO4S/c1-5-18(25-19-9-7-6-8-14(19)2)20(22)21-15(3)16-10-12-17(13-11-16)26(4,23)24/h6-13,15,18H,5H2,1-4H3,(H,21,22). The zero-order valence-electron chi connectivity index (χ0n) is 15.5. The number of rotatable bonds is 7. The molecule has 140 valence electrons. The first kappa shape index (κ1) is 20.0. The number of carbonyl (C=O) groups is 1. The largest absolute Gasteiger partial charge is 0.480 e. The highest BCUT2D eigenvalue weighted by molar-refractivity contribution is 7.90. The van der Waals surface area contributed by atoms with E-state index in [2.05, 4.69) is 5.32 Å². The summed E-state index contributed by atoms with van der Waals surface area (Å²) >= 11 is 0. The lowest BCUT2D eigenvalue weighted by atomic mass is 10.1. The first-order valence-electron chi connectivity index (χ1n) is 8.55. The van der Waals surface area contributed by atoms with Crippen molar-refractivity contribution < 1.29 is 17.9 Å². The number of sulfone groups is 1. The van der Waals surface area contributed by atoms with Crippen molar-refractivity contribution in [1.29, 1.82) is 0 Å². The molecule has 6 heteroatoms. The van der Waals surface area contributed by atoms with E-state index in [0.717, 1.165) is 11.1 Å². The first-order chi connectivity index (χ1) is 12.2. The predicted octanol–water partition coefficient (Wildman–Crippen LogP) is 3.43. The van der Waals surface area contributed by atoms with Crippen LogP contribution in [-0.4, -0.2) is 26.7 Å². The lowest BCUT2D eigenvalue weighted by molar-refractivity contribution is -0.128. The summed E-state index contributed by atoms with van der Waals surface area (Å²) in [5.41, 5.74) is 1.81. The van der Waals surface area contributed by atoms with Crippen LogP contribution in [0.1, 0.15) is 37.4 Å². The molecule has 0 aliphatic carbocycles. The Balaban J connectivity index is 2.06. The van der Waals surface area contributed by atoms with Crippen LogP contribution in [0.5, 0.6) is 5.75 Å². The summed E-state index contributed by atoms with van der Waals surface area (Å²) in [5.74, 6) is 0.495. The lowest BCUT2D eigenvalue weighted by Gasteiger charge is -2.21. The Morgan fingerprint density at radius 2 is 1.73 bits per heavy atom. The SMILES string of the molecule is CCC(Oc1ccccc1C)C(=O)NC(C)c1ccc(S(C)(=O)=O)cc1. The van der Waals surface area contributed by atoms with Crippen molar-refractivity contribution in [2.75, 3.05) is 6.26 Å². The number of para-hydroxylation sites is 1. The molecule has 1 amide bonds. The zero-order valence-corrected chi connectivity index (χ0v) is 16.3. The number of aryl methyl sites for hydroxylation is 1. The highest BCUT2D eigenvalue weighted by Gasteiger charge is 2.21. The normalized spacial score (nSPS) is 13.7. The third-order valence-electron chi connectivity index (χ3n) is 4.19. The molecule has 0 saturated carbocycles. The van der Waals surface area contributed by atoms with E-state index >= 15 is 0 Å². The van der Waals surface area contributed by atoms with Crippen LogP contribution >= 0.6 is 0 Å². The average molecular weight is 375 g/mol. The van der Waals surface area contributed by atoms with E-state index in [1.165, 1.54) is 6.26 Å². The van der Waals surface area contributed by atoms with Gasteiger partial charge in [-0.05, 0) is 49.6 Å². The molecule has 0 saturated heterocycles. The molecule has 5 nitrogen and oxygen atoms in total. The summed E-state index contributed by atoms with van der Waals surface area (Å²) in [4.78, 5) is 12.8. The molecule has 2 rings (SSSR count). The second-order valence-electron chi connectivity index (χ2n) is 6.35. The zero-order chi connectivity index (χ0) is 19.3. The second-order valence-corrected chi connectivity index (χ2v) is 8.37. The van der Waals surface area contributed by atoms with Gasteiger partial charge >= 0.3 is 0 Å². The highest BCUT2D eigenvalue weighted by atomic mass is 32.2. The Hall–Kier alpha value is -2.34. The summed E-state index contributed by atoms with van der Waals surface area (Å²) in [6.45, 7) is 5.69. The van der Waals surface area contributed by atoms with Crippen molar-refractivity contribution in [3.05, 3.63) is 59.7 Å². The molecule has 2 aromatic rings. The quantitative estimate of drug-likeness (QED) is 0.805. The Morgan fingerprint density at radius 1 is 1.12 bits per heavy atom. The van der Waals surface area contributed by atoms with Crippen LogP contribution in [0.2, 0.25) is 0 Å². The Bertz CT molecular complexity index is 860. The summed E-state index contributed by atoms with van der Waals surface area (Å²) in [5, 5.41) is 2.93. The van der Waals surface area contributed by atoms with E-state index in [1.807, 2.05) is 45.0 Å². The van der Waals surface area contributed by atoms with E-state index in [4.69, 9.17) is 4.74 Å². The summed E-state index contributed by atoms with van der Waals surface area (Å²) in [6.07, 6.45) is 1.12. The van der Waals surface area contributed by atoms with Crippen molar-refractivity contribution in [2.24, 2.45) is 0 Å². The minimum absolute atomic E-state index is 0.199. The minimum atomic E-state index is -3.23. The van der Waals surface area contributed by atoms with E-state index in [0.29, 0.717) is 12.2 Å². The van der Waals surface area contributed by atoms with Crippen molar-refractivity contribution >= 4 is 15.7 Å².